The SMILES string of the molecule is O=C(CCC1CCN(C(=O)C2CC23CCC3)CC1)N1CCOCC1. The number of hydrogen-bond donors (Lipinski definition) is 0. The van der Waals surface area contributed by atoms with Crippen LogP contribution >= 0.6 is 0 Å². The van der Waals surface area contributed by atoms with Gasteiger partial charge in [-0.05, 0) is 49.9 Å². The second-order valence-corrected chi connectivity index (χ2v) is 8.27. The van der Waals surface area contributed by atoms with E-state index in [4.69, 9.17) is 4.74 Å². The summed E-state index contributed by atoms with van der Waals surface area (Å²) in [6, 6.07) is 0. The molecule has 4 rings (SSSR count). The summed E-state index contributed by atoms with van der Waals surface area (Å²) in [5, 5.41) is 0. The van der Waals surface area contributed by atoms with Crippen LogP contribution in [0, 0.1) is 17.3 Å². The molecule has 4 aliphatic rings. The van der Waals surface area contributed by atoms with Crippen LogP contribution < -0.4 is 0 Å². The Morgan fingerprint density at radius 1 is 1.00 bits per heavy atom. The summed E-state index contributed by atoms with van der Waals surface area (Å²) in [7, 11) is 0. The van der Waals surface area contributed by atoms with E-state index in [1.165, 1.54) is 19.3 Å². The second-order valence-electron chi connectivity index (χ2n) is 8.27. The lowest BCUT2D eigenvalue weighted by Crippen LogP contribution is -2.42. The summed E-state index contributed by atoms with van der Waals surface area (Å²) in [6.07, 6.45) is 8.82. The minimum absolute atomic E-state index is 0.279. The number of likely N-dealkylation sites (tertiary alicyclic amines) is 1. The van der Waals surface area contributed by atoms with Crippen LogP contribution in [0.5, 0.6) is 0 Å². The van der Waals surface area contributed by atoms with Gasteiger partial charge < -0.3 is 14.5 Å². The molecular formula is C19H30N2O3. The molecule has 1 unspecified atom stereocenters. The van der Waals surface area contributed by atoms with Gasteiger partial charge in [-0.3, -0.25) is 9.59 Å². The number of piperidine rings is 1. The van der Waals surface area contributed by atoms with E-state index in [0.29, 0.717) is 42.8 Å². The molecule has 134 valence electrons. The molecule has 0 aromatic rings. The van der Waals surface area contributed by atoms with E-state index in [0.717, 1.165) is 51.9 Å². The van der Waals surface area contributed by atoms with Gasteiger partial charge in [0.15, 0.2) is 0 Å². The molecule has 2 saturated heterocycles. The first-order chi connectivity index (χ1) is 11.7. The number of nitrogens with zero attached hydrogens (tertiary/aromatic N) is 2. The number of hydrogen-bond acceptors (Lipinski definition) is 3. The van der Waals surface area contributed by atoms with Gasteiger partial charge in [0.05, 0.1) is 13.2 Å². The Hall–Kier alpha value is -1.10. The Morgan fingerprint density at radius 3 is 2.29 bits per heavy atom. The van der Waals surface area contributed by atoms with E-state index in [-0.39, 0.29) is 5.91 Å². The number of rotatable bonds is 4. The molecule has 2 heterocycles. The lowest BCUT2D eigenvalue weighted by molar-refractivity contribution is -0.137. The monoisotopic (exact) mass is 334 g/mol. The van der Waals surface area contributed by atoms with Gasteiger partial charge >= 0.3 is 0 Å². The molecule has 4 fully saturated rings. The van der Waals surface area contributed by atoms with Crippen LogP contribution in [0.4, 0.5) is 0 Å². The van der Waals surface area contributed by atoms with Gasteiger partial charge in [0.1, 0.15) is 0 Å². The fourth-order valence-corrected chi connectivity index (χ4v) is 4.84. The second kappa shape index (κ2) is 6.66. The largest absolute Gasteiger partial charge is 0.378 e. The third-order valence-electron chi connectivity index (χ3n) is 6.89. The Labute approximate surface area is 144 Å². The molecule has 0 N–H and O–H groups in total. The van der Waals surface area contributed by atoms with Crippen LogP contribution in [-0.2, 0) is 14.3 Å². The molecule has 0 aromatic carbocycles. The van der Waals surface area contributed by atoms with Crippen LogP contribution in [0.25, 0.3) is 0 Å². The summed E-state index contributed by atoms with van der Waals surface area (Å²) in [5.41, 5.74) is 0.443. The maximum absolute atomic E-state index is 12.6. The van der Waals surface area contributed by atoms with E-state index in [9.17, 15) is 9.59 Å². The Bertz CT molecular complexity index is 489. The van der Waals surface area contributed by atoms with Crippen LogP contribution in [0.2, 0.25) is 0 Å². The van der Waals surface area contributed by atoms with Crippen molar-refractivity contribution in [3.8, 4) is 0 Å². The number of morpholine rings is 1. The van der Waals surface area contributed by atoms with Crippen molar-refractivity contribution in [3.63, 3.8) is 0 Å². The van der Waals surface area contributed by atoms with Crippen molar-refractivity contribution in [2.45, 2.75) is 51.4 Å². The van der Waals surface area contributed by atoms with Crippen LogP contribution in [-0.4, -0.2) is 61.0 Å². The van der Waals surface area contributed by atoms with E-state index in [1.807, 2.05) is 4.90 Å². The zero-order chi connectivity index (χ0) is 16.6. The molecule has 0 bridgehead atoms. The third-order valence-corrected chi connectivity index (χ3v) is 6.89. The van der Waals surface area contributed by atoms with Crippen molar-refractivity contribution in [1.82, 2.24) is 9.80 Å². The molecule has 2 amide bonds. The smallest absolute Gasteiger partial charge is 0.226 e. The van der Waals surface area contributed by atoms with Crippen molar-refractivity contribution < 1.29 is 14.3 Å². The predicted molar refractivity (Wildman–Crippen MR) is 90.3 cm³/mol. The van der Waals surface area contributed by atoms with Crippen molar-refractivity contribution in [2.24, 2.45) is 17.3 Å². The maximum Gasteiger partial charge on any atom is 0.226 e. The zero-order valence-electron chi connectivity index (χ0n) is 14.7. The van der Waals surface area contributed by atoms with E-state index in [1.54, 1.807) is 0 Å². The first kappa shape index (κ1) is 16.4. The Kier molecular flexibility index (Phi) is 4.54. The molecule has 5 heteroatoms. The minimum atomic E-state index is 0.279. The summed E-state index contributed by atoms with van der Waals surface area (Å²) in [4.78, 5) is 28.9. The summed E-state index contributed by atoms with van der Waals surface area (Å²) >= 11 is 0. The van der Waals surface area contributed by atoms with Gasteiger partial charge in [-0.2, -0.15) is 0 Å². The van der Waals surface area contributed by atoms with Crippen molar-refractivity contribution in [2.75, 3.05) is 39.4 Å². The standard InChI is InChI=1S/C19H30N2O3/c22-17(20-10-12-24-13-11-20)3-2-15-4-8-21(9-5-15)18(23)16-14-19(16)6-1-7-19/h15-16H,1-14H2. The molecule has 2 saturated carbocycles. The maximum atomic E-state index is 12.6. The number of carbonyl (C=O) groups is 2. The Morgan fingerprint density at radius 2 is 1.71 bits per heavy atom. The molecule has 1 atom stereocenters. The van der Waals surface area contributed by atoms with Crippen molar-refractivity contribution in [1.29, 1.82) is 0 Å². The van der Waals surface area contributed by atoms with Gasteiger partial charge in [0, 0.05) is 38.5 Å². The van der Waals surface area contributed by atoms with Crippen LogP contribution in [0.3, 0.4) is 0 Å². The lowest BCUT2D eigenvalue weighted by atomic mass is 9.79. The molecule has 1 spiro atoms. The van der Waals surface area contributed by atoms with Gasteiger partial charge in [-0.1, -0.05) is 6.42 Å². The van der Waals surface area contributed by atoms with E-state index in [2.05, 4.69) is 4.90 Å². The fourth-order valence-electron chi connectivity index (χ4n) is 4.84. The summed E-state index contributed by atoms with van der Waals surface area (Å²) < 4.78 is 5.30. The predicted octanol–water partition coefficient (Wildman–Crippen LogP) is 2.05. The van der Waals surface area contributed by atoms with E-state index < -0.39 is 0 Å². The van der Waals surface area contributed by atoms with Crippen LogP contribution in [0.15, 0.2) is 0 Å². The Balaban J connectivity index is 1.16. The summed E-state index contributed by atoms with van der Waals surface area (Å²) in [5.74, 6) is 1.67. The number of carbonyl (C=O) groups excluding carboxylic acids is 2. The molecule has 0 radical (unpaired) electrons. The molecule has 24 heavy (non-hydrogen) atoms. The first-order valence-corrected chi connectivity index (χ1v) is 9.82. The summed E-state index contributed by atoms with van der Waals surface area (Å²) in [6.45, 7) is 4.65. The quantitative estimate of drug-likeness (QED) is 0.791. The molecule has 2 aliphatic carbocycles. The molecule has 5 nitrogen and oxygen atoms in total. The van der Waals surface area contributed by atoms with E-state index >= 15 is 0 Å². The van der Waals surface area contributed by atoms with Crippen LogP contribution in [0.1, 0.15) is 51.4 Å². The lowest BCUT2D eigenvalue weighted by Gasteiger charge is -2.34. The fraction of sp³-hybridized carbons (Fsp3) is 0.895. The molecule has 2 aliphatic heterocycles. The van der Waals surface area contributed by atoms with Gasteiger partial charge in [0.2, 0.25) is 11.8 Å². The number of amides is 2. The van der Waals surface area contributed by atoms with Crippen molar-refractivity contribution in [3.05, 3.63) is 0 Å². The zero-order valence-corrected chi connectivity index (χ0v) is 14.7. The molecule has 0 aromatic heterocycles. The van der Waals surface area contributed by atoms with Gasteiger partial charge in [0.25, 0.3) is 0 Å². The molecular weight excluding hydrogens is 304 g/mol. The average molecular weight is 334 g/mol. The third kappa shape index (κ3) is 3.19. The topological polar surface area (TPSA) is 49.9 Å². The average Bonchev–Trinajstić information content (AvgIpc) is 3.37. The van der Waals surface area contributed by atoms with Crippen molar-refractivity contribution >= 4 is 11.8 Å². The highest BCUT2D eigenvalue weighted by Crippen LogP contribution is 2.66. The minimum Gasteiger partial charge on any atom is -0.378 e. The highest BCUT2D eigenvalue weighted by molar-refractivity contribution is 5.83. The first-order valence-electron chi connectivity index (χ1n) is 9.82. The highest BCUT2D eigenvalue weighted by atomic mass is 16.5. The highest BCUT2D eigenvalue weighted by Gasteiger charge is 2.61. The van der Waals surface area contributed by atoms with Gasteiger partial charge in [-0.15, -0.1) is 0 Å². The van der Waals surface area contributed by atoms with Gasteiger partial charge in [-0.25, -0.2) is 0 Å². The normalized spacial score (nSPS) is 29.4. The number of ether oxygens (including phenoxy) is 1.